The molecule has 0 saturated heterocycles. The van der Waals surface area contributed by atoms with Crippen molar-refractivity contribution >= 4 is 10.9 Å². The van der Waals surface area contributed by atoms with Crippen molar-refractivity contribution in [3.05, 3.63) is 29.2 Å². The third kappa shape index (κ3) is 1.84. The topological polar surface area (TPSA) is 28.7 Å². The Morgan fingerprint density at radius 1 is 1.40 bits per heavy atom. The molecule has 1 N–H and O–H groups in total. The monoisotopic (exact) mass is 204 g/mol. The average Bonchev–Trinajstić information content (AvgIpc) is 2.64. The number of rotatable bonds is 0. The van der Waals surface area contributed by atoms with Crippen LogP contribution in [0, 0.1) is 25.1 Å². The van der Waals surface area contributed by atoms with Gasteiger partial charge in [0.25, 0.3) is 0 Å². The SMILES string of the molecule is C#Cc1c(F)ccc2n[nH]c(C)c12.CC. The van der Waals surface area contributed by atoms with Gasteiger partial charge in [-0.05, 0) is 19.1 Å². The highest BCUT2D eigenvalue weighted by atomic mass is 19.1. The van der Waals surface area contributed by atoms with Gasteiger partial charge in [-0.25, -0.2) is 4.39 Å². The maximum Gasteiger partial charge on any atom is 0.139 e. The van der Waals surface area contributed by atoms with E-state index < -0.39 is 0 Å². The number of aryl methyl sites for hydroxylation is 1. The van der Waals surface area contributed by atoms with Gasteiger partial charge in [-0.2, -0.15) is 5.10 Å². The van der Waals surface area contributed by atoms with Crippen LogP contribution in [0.5, 0.6) is 0 Å². The fourth-order valence-electron chi connectivity index (χ4n) is 1.38. The Kier molecular flexibility index (Phi) is 3.46. The fourth-order valence-corrected chi connectivity index (χ4v) is 1.38. The van der Waals surface area contributed by atoms with Crippen LogP contribution in [0.4, 0.5) is 4.39 Å². The van der Waals surface area contributed by atoms with Crippen LogP contribution in [-0.4, -0.2) is 10.2 Å². The molecule has 0 fully saturated rings. The second kappa shape index (κ2) is 4.61. The summed E-state index contributed by atoms with van der Waals surface area (Å²) in [6.45, 7) is 5.82. The van der Waals surface area contributed by atoms with Crippen LogP contribution in [0.3, 0.4) is 0 Å². The highest BCUT2D eigenvalue weighted by Gasteiger charge is 2.09. The van der Waals surface area contributed by atoms with Crippen LogP contribution in [-0.2, 0) is 0 Å². The second-order valence-corrected chi connectivity index (χ2v) is 2.81. The number of terminal acetylenes is 1. The lowest BCUT2D eigenvalue weighted by Crippen LogP contribution is -1.85. The van der Waals surface area contributed by atoms with Crippen molar-refractivity contribution in [2.24, 2.45) is 0 Å². The zero-order chi connectivity index (χ0) is 11.4. The average molecular weight is 204 g/mol. The molecule has 2 nitrogen and oxygen atoms in total. The van der Waals surface area contributed by atoms with Gasteiger partial charge < -0.3 is 0 Å². The number of nitrogens with zero attached hydrogens (tertiary/aromatic N) is 1. The standard InChI is InChI=1S/C10H7FN2.C2H6/c1-3-7-8(11)4-5-9-10(7)6(2)12-13-9;1-2/h1,4-5H,2H3,(H,12,13);1-2H3. The molecule has 2 aromatic rings. The van der Waals surface area contributed by atoms with Crippen LogP contribution in [0.25, 0.3) is 10.9 Å². The zero-order valence-electron chi connectivity index (χ0n) is 9.06. The summed E-state index contributed by atoms with van der Waals surface area (Å²) >= 11 is 0. The predicted octanol–water partition coefficient (Wildman–Crippen LogP) is 3.02. The maximum atomic E-state index is 13.2. The molecule has 3 heteroatoms. The van der Waals surface area contributed by atoms with Crippen LogP contribution in [0.15, 0.2) is 12.1 Å². The largest absolute Gasteiger partial charge is 0.282 e. The first-order valence-electron chi connectivity index (χ1n) is 4.84. The molecule has 15 heavy (non-hydrogen) atoms. The van der Waals surface area contributed by atoms with E-state index in [1.54, 1.807) is 6.07 Å². The molecular weight excluding hydrogens is 191 g/mol. The number of aromatic amines is 1. The lowest BCUT2D eigenvalue weighted by Gasteiger charge is -1.96. The first-order valence-corrected chi connectivity index (χ1v) is 4.84. The van der Waals surface area contributed by atoms with Gasteiger partial charge in [-0.3, -0.25) is 5.10 Å². The van der Waals surface area contributed by atoms with Crippen LogP contribution in [0.2, 0.25) is 0 Å². The third-order valence-corrected chi connectivity index (χ3v) is 2.00. The Morgan fingerprint density at radius 3 is 2.67 bits per heavy atom. The summed E-state index contributed by atoms with van der Waals surface area (Å²) in [7, 11) is 0. The van der Waals surface area contributed by atoms with Gasteiger partial charge >= 0.3 is 0 Å². The molecule has 0 unspecified atom stereocenters. The van der Waals surface area contributed by atoms with Crippen molar-refractivity contribution in [2.75, 3.05) is 0 Å². The van der Waals surface area contributed by atoms with E-state index in [4.69, 9.17) is 6.42 Å². The van der Waals surface area contributed by atoms with E-state index in [1.807, 2.05) is 20.8 Å². The fraction of sp³-hybridized carbons (Fsp3) is 0.250. The summed E-state index contributed by atoms with van der Waals surface area (Å²) in [5, 5.41) is 7.44. The number of hydrogen-bond acceptors (Lipinski definition) is 1. The van der Waals surface area contributed by atoms with Gasteiger partial charge in [0.2, 0.25) is 0 Å². The van der Waals surface area contributed by atoms with Gasteiger partial charge in [0.15, 0.2) is 0 Å². The van der Waals surface area contributed by atoms with Gasteiger partial charge in [0.05, 0.1) is 11.1 Å². The summed E-state index contributed by atoms with van der Waals surface area (Å²) in [5.74, 6) is 1.95. The van der Waals surface area contributed by atoms with E-state index in [1.165, 1.54) is 6.07 Å². The number of nitrogens with one attached hydrogen (secondary N) is 1. The zero-order valence-corrected chi connectivity index (χ0v) is 9.06. The Labute approximate surface area is 88.5 Å². The summed E-state index contributed by atoms with van der Waals surface area (Å²) < 4.78 is 13.2. The van der Waals surface area contributed by atoms with E-state index in [9.17, 15) is 4.39 Å². The molecule has 1 aromatic heterocycles. The highest BCUT2D eigenvalue weighted by Crippen LogP contribution is 2.21. The number of benzene rings is 1. The van der Waals surface area contributed by atoms with Gasteiger partial charge in [-0.1, -0.05) is 19.8 Å². The maximum absolute atomic E-state index is 13.2. The molecule has 0 saturated carbocycles. The minimum absolute atomic E-state index is 0.281. The minimum atomic E-state index is -0.375. The van der Waals surface area contributed by atoms with E-state index in [0.29, 0.717) is 10.9 Å². The smallest absolute Gasteiger partial charge is 0.139 e. The summed E-state index contributed by atoms with van der Waals surface area (Å²) in [4.78, 5) is 0. The van der Waals surface area contributed by atoms with Gasteiger partial charge in [-0.15, -0.1) is 6.42 Å². The molecule has 1 heterocycles. The van der Waals surface area contributed by atoms with Crippen molar-refractivity contribution in [1.82, 2.24) is 10.2 Å². The Hall–Kier alpha value is -1.82. The lowest BCUT2D eigenvalue weighted by atomic mass is 10.1. The quantitative estimate of drug-likeness (QED) is 0.656. The van der Waals surface area contributed by atoms with Gasteiger partial charge in [0, 0.05) is 11.1 Å². The Balaban J connectivity index is 0.000000531. The van der Waals surface area contributed by atoms with Crippen LogP contribution < -0.4 is 0 Å². The van der Waals surface area contributed by atoms with E-state index >= 15 is 0 Å². The van der Waals surface area contributed by atoms with Crippen molar-refractivity contribution in [2.45, 2.75) is 20.8 Å². The normalized spacial score (nSPS) is 9.27. The minimum Gasteiger partial charge on any atom is -0.282 e. The number of halogens is 1. The summed E-state index contributed by atoms with van der Waals surface area (Å²) in [6, 6.07) is 2.94. The number of aromatic nitrogens is 2. The molecule has 0 aliphatic heterocycles. The van der Waals surface area contributed by atoms with Crippen LogP contribution in [0.1, 0.15) is 25.1 Å². The molecule has 0 bridgehead atoms. The van der Waals surface area contributed by atoms with Crippen molar-refractivity contribution in [3.63, 3.8) is 0 Å². The number of H-pyrrole nitrogens is 1. The van der Waals surface area contributed by atoms with Crippen molar-refractivity contribution < 1.29 is 4.39 Å². The molecule has 0 amide bonds. The molecule has 0 spiro atoms. The lowest BCUT2D eigenvalue weighted by molar-refractivity contribution is 0.626. The molecule has 1 aromatic carbocycles. The third-order valence-electron chi connectivity index (χ3n) is 2.00. The molecule has 0 radical (unpaired) electrons. The van der Waals surface area contributed by atoms with Crippen molar-refractivity contribution in [1.29, 1.82) is 0 Å². The van der Waals surface area contributed by atoms with Crippen molar-refractivity contribution in [3.8, 4) is 12.3 Å². The second-order valence-electron chi connectivity index (χ2n) is 2.81. The van der Waals surface area contributed by atoms with Gasteiger partial charge in [0.1, 0.15) is 5.82 Å². The van der Waals surface area contributed by atoms with E-state index in [2.05, 4.69) is 16.1 Å². The van der Waals surface area contributed by atoms with E-state index in [0.717, 1.165) is 5.69 Å². The summed E-state index contributed by atoms with van der Waals surface area (Å²) in [5.41, 5.74) is 1.78. The first kappa shape index (κ1) is 11.3. The van der Waals surface area contributed by atoms with Crippen LogP contribution >= 0.6 is 0 Å². The summed E-state index contributed by atoms with van der Waals surface area (Å²) in [6.07, 6.45) is 5.21. The number of hydrogen-bond donors (Lipinski definition) is 1. The highest BCUT2D eigenvalue weighted by molar-refractivity contribution is 5.87. The predicted molar refractivity (Wildman–Crippen MR) is 60.1 cm³/mol. The molecule has 0 aliphatic rings. The molecular formula is C12H13FN2. The Bertz CT molecular complexity index is 506. The molecule has 0 aliphatic carbocycles. The number of fused-ring (bicyclic) bond motifs is 1. The molecule has 78 valence electrons. The molecule has 2 rings (SSSR count). The first-order chi connectivity index (χ1) is 7.24. The molecule has 0 atom stereocenters. The van der Waals surface area contributed by atoms with E-state index in [-0.39, 0.29) is 11.4 Å². The Morgan fingerprint density at radius 2 is 2.07 bits per heavy atom.